The highest BCUT2D eigenvalue weighted by Crippen LogP contribution is 2.15. The molecule has 0 unspecified atom stereocenters. The van der Waals surface area contributed by atoms with E-state index in [0.29, 0.717) is 11.8 Å². The molecule has 2 rings (SSSR count). The van der Waals surface area contributed by atoms with Gasteiger partial charge in [0.2, 0.25) is 5.95 Å². The van der Waals surface area contributed by atoms with Gasteiger partial charge in [-0.2, -0.15) is 0 Å². The van der Waals surface area contributed by atoms with Crippen LogP contribution in [0.5, 0.6) is 0 Å². The van der Waals surface area contributed by atoms with Crippen molar-refractivity contribution < 1.29 is 4.39 Å². The van der Waals surface area contributed by atoms with Gasteiger partial charge in [-0.05, 0) is 17.7 Å². The van der Waals surface area contributed by atoms with E-state index in [-0.39, 0.29) is 0 Å². The summed E-state index contributed by atoms with van der Waals surface area (Å²) in [7, 11) is 0. The first-order valence-electron chi connectivity index (χ1n) is 4.67. The van der Waals surface area contributed by atoms with Crippen LogP contribution in [0.1, 0.15) is 5.56 Å². The molecule has 1 heterocycles. The summed E-state index contributed by atoms with van der Waals surface area (Å²) in [5.74, 6) is 0.341. The van der Waals surface area contributed by atoms with E-state index in [1.165, 1.54) is 0 Å². The first kappa shape index (κ1) is 10.8. The maximum atomic E-state index is 12.6. The second kappa shape index (κ2) is 4.90. The highest BCUT2D eigenvalue weighted by molar-refractivity contribution is 6.17. The van der Waals surface area contributed by atoms with E-state index < -0.39 is 5.82 Å². The van der Waals surface area contributed by atoms with Crippen molar-refractivity contribution in [3.8, 4) is 0 Å². The van der Waals surface area contributed by atoms with E-state index in [0.717, 1.165) is 23.6 Å². The number of nitrogens with zero attached hydrogens (tertiary/aromatic N) is 2. The van der Waals surface area contributed by atoms with Crippen LogP contribution in [0, 0.1) is 5.82 Å². The second-order valence-electron chi connectivity index (χ2n) is 3.18. The van der Waals surface area contributed by atoms with Gasteiger partial charge in [0.15, 0.2) is 5.82 Å². The average molecular weight is 238 g/mol. The minimum Gasteiger partial charge on any atom is -0.324 e. The Balaban J connectivity index is 2.16. The van der Waals surface area contributed by atoms with Crippen molar-refractivity contribution in [2.24, 2.45) is 0 Å². The van der Waals surface area contributed by atoms with Crippen molar-refractivity contribution in [1.82, 2.24) is 9.97 Å². The average Bonchev–Trinajstić information content (AvgIpc) is 2.32. The quantitative estimate of drug-likeness (QED) is 0.834. The molecule has 0 aliphatic carbocycles. The Hall–Kier alpha value is -1.68. The zero-order valence-corrected chi connectivity index (χ0v) is 9.08. The Morgan fingerprint density at radius 1 is 1.25 bits per heavy atom. The summed E-state index contributed by atoms with van der Waals surface area (Å²) in [5.41, 5.74) is 1.82. The van der Waals surface area contributed by atoms with Gasteiger partial charge >= 0.3 is 0 Å². The van der Waals surface area contributed by atoms with Crippen LogP contribution in [-0.2, 0) is 5.88 Å². The Morgan fingerprint density at radius 2 is 2.00 bits per heavy atom. The molecule has 16 heavy (non-hydrogen) atoms. The van der Waals surface area contributed by atoms with Crippen LogP contribution in [-0.4, -0.2) is 9.97 Å². The van der Waals surface area contributed by atoms with E-state index in [1.54, 1.807) is 0 Å². The number of aromatic nitrogens is 2. The number of nitrogens with one attached hydrogen (secondary N) is 1. The molecular formula is C11H9ClFN3. The zero-order valence-electron chi connectivity index (χ0n) is 8.32. The Morgan fingerprint density at radius 3 is 2.69 bits per heavy atom. The molecule has 0 saturated heterocycles. The first-order valence-corrected chi connectivity index (χ1v) is 5.21. The van der Waals surface area contributed by atoms with Crippen molar-refractivity contribution in [3.05, 3.63) is 48.0 Å². The third-order valence-electron chi connectivity index (χ3n) is 1.96. The van der Waals surface area contributed by atoms with Crippen molar-refractivity contribution in [2.45, 2.75) is 5.88 Å². The molecule has 0 saturated carbocycles. The van der Waals surface area contributed by atoms with Gasteiger partial charge in [0.1, 0.15) is 0 Å². The summed E-state index contributed by atoms with van der Waals surface area (Å²) in [5, 5.41) is 2.96. The predicted octanol–water partition coefficient (Wildman–Crippen LogP) is 3.10. The van der Waals surface area contributed by atoms with Gasteiger partial charge in [0, 0.05) is 11.6 Å². The van der Waals surface area contributed by atoms with Gasteiger partial charge in [0.05, 0.1) is 12.4 Å². The summed E-state index contributed by atoms with van der Waals surface area (Å²) in [6.45, 7) is 0. The van der Waals surface area contributed by atoms with E-state index in [9.17, 15) is 4.39 Å². The molecule has 5 heteroatoms. The Kier molecular flexibility index (Phi) is 3.31. The van der Waals surface area contributed by atoms with Crippen LogP contribution in [0.25, 0.3) is 0 Å². The lowest BCUT2D eigenvalue weighted by Gasteiger charge is -2.05. The van der Waals surface area contributed by atoms with Crippen molar-refractivity contribution >= 4 is 23.2 Å². The fourth-order valence-electron chi connectivity index (χ4n) is 1.24. The van der Waals surface area contributed by atoms with Crippen LogP contribution < -0.4 is 5.32 Å². The van der Waals surface area contributed by atoms with Crippen molar-refractivity contribution in [2.75, 3.05) is 5.32 Å². The van der Waals surface area contributed by atoms with Gasteiger partial charge in [-0.3, -0.25) is 0 Å². The Bertz CT molecular complexity index is 473. The number of rotatable bonds is 3. The molecule has 0 atom stereocenters. The minimum atomic E-state index is -0.458. The third kappa shape index (κ3) is 2.67. The van der Waals surface area contributed by atoms with E-state index in [4.69, 9.17) is 11.6 Å². The molecular weight excluding hydrogens is 229 g/mol. The largest absolute Gasteiger partial charge is 0.324 e. The van der Waals surface area contributed by atoms with Gasteiger partial charge in [-0.1, -0.05) is 12.1 Å². The SMILES string of the molecule is Fc1cnc(Nc2cccc(CCl)c2)nc1. The van der Waals surface area contributed by atoms with E-state index in [2.05, 4.69) is 15.3 Å². The molecule has 0 aliphatic rings. The molecule has 1 N–H and O–H groups in total. The van der Waals surface area contributed by atoms with Gasteiger partial charge in [-0.15, -0.1) is 11.6 Å². The predicted molar refractivity (Wildman–Crippen MR) is 61.3 cm³/mol. The molecule has 0 aliphatic heterocycles. The molecule has 1 aromatic carbocycles. The first-order chi connectivity index (χ1) is 7.78. The van der Waals surface area contributed by atoms with E-state index in [1.807, 2.05) is 24.3 Å². The van der Waals surface area contributed by atoms with Crippen molar-refractivity contribution in [3.63, 3.8) is 0 Å². The molecule has 1 aromatic heterocycles. The summed E-state index contributed by atoms with van der Waals surface area (Å²) in [6.07, 6.45) is 2.22. The maximum Gasteiger partial charge on any atom is 0.227 e. The highest BCUT2D eigenvalue weighted by Gasteiger charge is 1.99. The van der Waals surface area contributed by atoms with Crippen LogP contribution in [0.15, 0.2) is 36.7 Å². The summed E-state index contributed by atoms with van der Waals surface area (Å²) >= 11 is 5.71. The number of hydrogen-bond donors (Lipinski definition) is 1. The molecule has 3 nitrogen and oxygen atoms in total. The fraction of sp³-hybridized carbons (Fsp3) is 0.0909. The normalized spacial score (nSPS) is 10.1. The van der Waals surface area contributed by atoms with Crippen molar-refractivity contribution in [1.29, 1.82) is 0 Å². The molecule has 0 bridgehead atoms. The van der Waals surface area contributed by atoms with E-state index >= 15 is 0 Å². The van der Waals surface area contributed by atoms with Crippen LogP contribution >= 0.6 is 11.6 Å². The smallest absolute Gasteiger partial charge is 0.227 e. The monoisotopic (exact) mass is 237 g/mol. The summed E-state index contributed by atoms with van der Waals surface area (Å²) in [4.78, 5) is 7.60. The zero-order chi connectivity index (χ0) is 11.4. The highest BCUT2D eigenvalue weighted by atomic mass is 35.5. The summed E-state index contributed by atoms with van der Waals surface area (Å²) < 4.78 is 12.6. The van der Waals surface area contributed by atoms with Gasteiger partial charge < -0.3 is 5.32 Å². The summed E-state index contributed by atoms with van der Waals surface area (Å²) in [6, 6.07) is 7.55. The molecule has 0 fully saturated rings. The van der Waals surface area contributed by atoms with Crippen LogP contribution in [0.4, 0.5) is 16.0 Å². The number of alkyl halides is 1. The lowest BCUT2D eigenvalue weighted by atomic mass is 10.2. The van der Waals surface area contributed by atoms with Gasteiger partial charge in [-0.25, -0.2) is 14.4 Å². The van der Waals surface area contributed by atoms with Crippen LogP contribution in [0.3, 0.4) is 0 Å². The maximum absolute atomic E-state index is 12.6. The lowest BCUT2D eigenvalue weighted by Crippen LogP contribution is -1.97. The topological polar surface area (TPSA) is 37.8 Å². The molecule has 2 aromatic rings. The standard InChI is InChI=1S/C11H9ClFN3/c12-5-8-2-1-3-10(4-8)16-11-14-6-9(13)7-15-11/h1-4,6-7H,5H2,(H,14,15,16). The van der Waals surface area contributed by atoms with Gasteiger partial charge in [0.25, 0.3) is 0 Å². The molecule has 0 radical (unpaired) electrons. The second-order valence-corrected chi connectivity index (χ2v) is 3.45. The minimum absolute atomic E-state index is 0.355. The molecule has 0 amide bonds. The number of hydrogen-bond acceptors (Lipinski definition) is 3. The number of halogens is 2. The lowest BCUT2D eigenvalue weighted by molar-refractivity contribution is 0.614. The molecule has 0 spiro atoms. The molecule has 82 valence electrons. The number of anilines is 2. The number of benzene rings is 1. The van der Waals surface area contributed by atoms with Crippen LogP contribution in [0.2, 0.25) is 0 Å². The Labute approximate surface area is 97.3 Å². The third-order valence-corrected chi connectivity index (χ3v) is 2.27. The fourth-order valence-corrected chi connectivity index (χ4v) is 1.40.